The molecule has 0 atom stereocenters. The van der Waals surface area contributed by atoms with Gasteiger partial charge >= 0.3 is 0 Å². The Hall–Kier alpha value is -2.61. The van der Waals surface area contributed by atoms with Gasteiger partial charge in [0.25, 0.3) is 0 Å². The van der Waals surface area contributed by atoms with Crippen molar-refractivity contribution >= 4 is 34.8 Å². The molecule has 2 aromatic carbocycles. The summed E-state index contributed by atoms with van der Waals surface area (Å²) in [6, 6.07) is 15.6. The number of para-hydroxylation sites is 1. The third-order valence-electron chi connectivity index (χ3n) is 6.65. The molecular formula is C25H27Cl2N5O2. The van der Waals surface area contributed by atoms with E-state index in [2.05, 4.69) is 44.2 Å². The van der Waals surface area contributed by atoms with Crippen LogP contribution < -0.4 is 4.90 Å². The van der Waals surface area contributed by atoms with Gasteiger partial charge in [0.15, 0.2) is 0 Å². The Morgan fingerprint density at radius 2 is 1.71 bits per heavy atom. The fourth-order valence-corrected chi connectivity index (χ4v) is 5.20. The highest BCUT2D eigenvalue weighted by Crippen LogP contribution is 2.29. The van der Waals surface area contributed by atoms with E-state index in [4.69, 9.17) is 27.7 Å². The summed E-state index contributed by atoms with van der Waals surface area (Å²) in [5, 5.41) is 5.12. The predicted octanol–water partition coefficient (Wildman–Crippen LogP) is 4.60. The molecule has 0 bridgehead atoms. The Labute approximate surface area is 209 Å². The summed E-state index contributed by atoms with van der Waals surface area (Å²) in [7, 11) is 0. The van der Waals surface area contributed by atoms with Crippen molar-refractivity contribution in [3.8, 4) is 11.4 Å². The number of halogens is 2. The lowest BCUT2D eigenvalue weighted by Gasteiger charge is -2.39. The van der Waals surface area contributed by atoms with Crippen LogP contribution in [0.1, 0.15) is 18.7 Å². The van der Waals surface area contributed by atoms with E-state index in [1.165, 1.54) is 5.69 Å². The smallest absolute Gasteiger partial charge is 0.241 e. The molecule has 178 valence electrons. The van der Waals surface area contributed by atoms with Crippen molar-refractivity contribution in [1.29, 1.82) is 0 Å². The van der Waals surface area contributed by atoms with Crippen molar-refractivity contribution in [2.24, 2.45) is 5.92 Å². The van der Waals surface area contributed by atoms with Crippen LogP contribution in [0.4, 0.5) is 5.69 Å². The first-order chi connectivity index (χ1) is 16.6. The monoisotopic (exact) mass is 499 g/mol. The molecule has 7 nitrogen and oxygen atoms in total. The second-order valence-electron chi connectivity index (χ2n) is 8.83. The van der Waals surface area contributed by atoms with Crippen LogP contribution in [0.5, 0.6) is 0 Å². The molecule has 0 radical (unpaired) electrons. The Kier molecular flexibility index (Phi) is 7.04. The molecule has 3 aromatic rings. The van der Waals surface area contributed by atoms with E-state index in [9.17, 15) is 4.79 Å². The molecule has 2 saturated heterocycles. The summed E-state index contributed by atoms with van der Waals surface area (Å²) in [6.07, 6.45) is 1.70. The highest BCUT2D eigenvalue weighted by molar-refractivity contribution is 6.36. The summed E-state index contributed by atoms with van der Waals surface area (Å²) >= 11 is 12.2. The summed E-state index contributed by atoms with van der Waals surface area (Å²) in [5.41, 5.74) is 1.92. The first-order valence-electron chi connectivity index (χ1n) is 11.7. The summed E-state index contributed by atoms with van der Waals surface area (Å²) in [5.74, 6) is 1.38. The molecule has 0 spiro atoms. The number of anilines is 1. The summed E-state index contributed by atoms with van der Waals surface area (Å²) in [4.78, 5) is 24.3. The van der Waals surface area contributed by atoms with Gasteiger partial charge in [-0.05, 0) is 56.3 Å². The largest absolute Gasteiger partial charge is 0.368 e. The zero-order chi connectivity index (χ0) is 23.5. The minimum atomic E-state index is 0.0886. The van der Waals surface area contributed by atoms with Gasteiger partial charge < -0.3 is 14.3 Å². The third kappa shape index (κ3) is 5.22. The number of rotatable bonds is 5. The second kappa shape index (κ2) is 10.3. The lowest BCUT2D eigenvalue weighted by molar-refractivity contribution is -0.137. The quantitative estimate of drug-likeness (QED) is 0.510. The Morgan fingerprint density at radius 3 is 2.41 bits per heavy atom. The number of likely N-dealkylation sites (tertiary alicyclic amines) is 1. The number of aromatic nitrogens is 2. The van der Waals surface area contributed by atoms with Gasteiger partial charge in [-0.25, -0.2) is 0 Å². The van der Waals surface area contributed by atoms with Crippen LogP contribution in [0.2, 0.25) is 10.0 Å². The maximum absolute atomic E-state index is 13.1. The molecule has 34 heavy (non-hydrogen) atoms. The molecule has 1 amide bonds. The van der Waals surface area contributed by atoms with Gasteiger partial charge in [-0.2, -0.15) is 4.98 Å². The fourth-order valence-electron chi connectivity index (χ4n) is 4.71. The fraction of sp³-hybridized carbons (Fsp3) is 0.400. The first kappa shape index (κ1) is 23.1. The van der Waals surface area contributed by atoms with Crippen LogP contribution in [0.25, 0.3) is 11.4 Å². The predicted molar refractivity (Wildman–Crippen MR) is 133 cm³/mol. The van der Waals surface area contributed by atoms with Gasteiger partial charge in [-0.1, -0.05) is 46.6 Å². The standard InChI is InChI=1S/C25H27Cl2N5O2/c26-19-6-7-21(22(27)16-19)24-28-23(34-29-24)17-30-10-8-18(9-11-30)25(33)32-14-12-31(13-15-32)20-4-2-1-3-5-20/h1-7,16,18H,8-15,17H2. The van der Waals surface area contributed by atoms with E-state index in [1.807, 2.05) is 11.0 Å². The average Bonchev–Trinajstić information content (AvgIpc) is 3.33. The van der Waals surface area contributed by atoms with E-state index in [0.717, 1.165) is 52.1 Å². The van der Waals surface area contributed by atoms with Crippen LogP contribution in [-0.2, 0) is 11.3 Å². The molecule has 3 heterocycles. The number of nitrogens with zero attached hydrogens (tertiary/aromatic N) is 5. The molecule has 2 aliphatic rings. The normalized spacial score (nSPS) is 17.8. The van der Waals surface area contributed by atoms with E-state index in [0.29, 0.717) is 39.8 Å². The SMILES string of the molecule is O=C(C1CCN(Cc2nc(-c3ccc(Cl)cc3Cl)no2)CC1)N1CCN(c2ccccc2)CC1. The number of piperidine rings is 1. The number of hydrogen-bond donors (Lipinski definition) is 0. The number of benzene rings is 2. The molecule has 0 saturated carbocycles. The van der Waals surface area contributed by atoms with Crippen LogP contribution in [-0.4, -0.2) is 65.1 Å². The number of amides is 1. The zero-order valence-corrected chi connectivity index (χ0v) is 20.4. The lowest BCUT2D eigenvalue weighted by atomic mass is 9.95. The minimum Gasteiger partial charge on any atom is -0.368 e. The van der Waals surface area contributed by atoms with Gasteiger partial charge in [0, 0.05) is 48.4 Å². The number of piperazine rings is 1. The second-order valence-corrected chi connectivity index (χ2v) is 9.68. The van der Waals surface area contributed by atoms with Crippen LogP contribution in [0.3, 0.4) is 0 Å². The molecular weight excluding hydrogens is 473 g/mol. The maximum Gasteiger partial charge on any atom is 0.241 e. The van der Waals surface area contributed by atoms with Crippen LogP contribution >= 0.6 is 23.2 Å². The van der Waals surface area contributed by atoms with Crippen molar-refractivity contribution in [2.45, 2.75) is 19.4 Å². The maximum atomic E-state index is 13.1. The van der Waals surface area contributed by atoms with Crippen molar-refractivity contribution in [3.05, 3.63) is 64.5 Å². The van der Waals surface area contributed by atoms with Crippen LogP contribution in [0, 0.1) is 5.92 Å². The summed E-state index contributed by atoms with van der Waals surface area (Å²) < 4.78 is 5.45. The van der Waals surface area contributed by atoms with Gasteiger partial charge in [-0.15, -0.1) is 0 Å². The highest BCUT2D eigenvalue weighted by atomic mass is 35.5. The van der Waals surface area contributed by atoms with Crippen molar-refractivity contribution < 1.29 is 9.32 Å². The lowest BCUT2D eigenvalue weighted by Crippen LogP contribution is -2.51. The molecule has 0 aliphatic carbocycles. The number of hydrogen-bond acceptors (Lipinski definition) is 6. The van der Waals surface area contributed by atoms with Gasteiger partial charge in [-0.3, -0.25) is 9.69 Å². The first-order valence-corrected chi connectivity index (χ1v) is 12.4. The molecule has 0 unspecified atom stereocenters. The van der Waals surface area contributed by atoms with Gasteiger partial charge in [0.2, 0.25) is 17.6 Å². The van der Waals surface area contributed by atoms with Crippen molar-refractivity contribution in [3.63, 3.8) is 0 Å². The number of carbonyl (C=O) groups is 1. The molecule has 0 N–H and O–H groups in total. The average molecular weight is 500 g/mol. The Morgan fingerprint density at radius 1 is 0.971 bits per heavy atom. The van der Waals surface area contributed by atoms with Crippen LogP contribution in [0.15, 0.2) is 53.1 Å². The Bertz CT molecular complexity index is 1120. The molecule has 5 rings (SSSR count). The molecule has 2 fully saturated rings. The van der Waals surface area contributed by atoms with Gasteiger partial charge in [0.1, 0.15) is 0 Å². The molecule has 1 aromatic heterocycles. The topological polar surface area (TPSA) is 65.7 Å². The van der Waals surface area contributed by atoms with E-state index in [1.54, 1.807) is 18.2 Å². The third-order valence-corrected chi connectivity index (χ3v) is 7.20. The van der Waals surface area contributed by atoms with Gasteiger partial charge in [0.05, 0.1) is 11.6 Å². The zero-order valence-electron chi connectivity index (χ0n) is 18.9. The van der Waals surface area contributed by atoms with Crippen molar-refractivity contribution in [1.82, 2.24) is 19.9 Å². The minimum absolute atomic E-state index is 0.0886. The van der Waals surface area contributed by atoms with Crippen molar-refractivity contribution in [2.75, 3.05) is 44.2 Å². The molecule has 9 heteroatoms. The summed E-state index contributed by atoms with van der Waals surface area (Å²) in [6.45, 7) is 5.56. The van der Waals surface area contributed by atoms with E-state index in [-0.39, 0.29) is 5.92 Å². The highest BCUT2D eigenvalue weighted by Gasteiger charge is 2.31. The number of carbonyl (C=O) groups excluding carboxylic acids is 1. The van der Waals surface area contributed by atoms with E-state index >= 15 is 0 Å². The molecule has 2 aliphatic heterocycles. The Balaban J connectivity index is 1.10. The van der Waals surface area contributed by atoms with E-state index < -0.39 is 0 Å².